The van der Waals surface area contributed by atoms with E-state index in [2.05, 4.69) is 21.7 Å². The summed E-state index contributed by atoms with van der Waals surface area (Å²) in [6, 6.07) is 23.8. The minimum atomic E-state index is -0.265. The Morgan fingerprint density at radius 1 is 1.06 bits per heavy atom. The van der Waals surface area contributed by atoms with Gasteiger partial charge in [0.2, 0.25) is 11.2 Å². The van der Waals surface area contributed by atoms with Crippen molar-refractivity contribution in [3.8, 4) is 28.5 Å². The van der Waals surface area contributed by atoms with Gasteiger partial charge in [0.1, 0.15) is 11.1 Å². The van der Waals surface area contributed by atoms with Crippen molar-refractivity contribution in [2.75, 3.05) is 29.2 Å². The van der Waals surface area contributed by atoms with Crippen molar-refractivity contribution in [2.24, 2.45) is 0 Å². The summed E-state index contributed by atoms with van der Waals surface area (Å²) in [5, 5.41) is 19.4. The van der Waals surface area contributed by atoms with E-state index in [-0.39, 0.29) is 17.5 Å². The Balaban J connectivity index is 1.36. The average Bonchev–Trinajstić information content (AvgIpc) is 3.41. The third-order valence-corrected chi connectivity index (χ3v) is 6.91. The third kappa shape index (κ3) is 5.39. The van der Waals surface area contributed by atoms with Gasteiger partial charge < -0.3 is 0 Å². The molecule has 0 saturated carbocycles. The highest BCUT2D eigenvalue weighted by atomic mass is 32.2. The number of aromatic nitrogens is 3. The largest absolute Gasteiger partial charge is 0.305 e. The van der Waals surface area contributed by atoms with Crippen molar-refractivity contribution < 1.29 is 14.1 Å². The molecule has 3 heterocycles. The van der Waals surface area contributed by atoms with E-state index in [1.807, 2.05) is 66.7 Å². The molecule has 0 unspecified atom stereocenters. The number of anilines is 1. The monoisotopic (exact) mass is 497 g/mol. The van der Waals surface area contributed by atoms with Gasteiger partial charge in [0, 0.05) is 11.1 Å². The predicted octanol–water partition coefficient (Wildman–Crippen LogP) is 4.42. The molecule has 8 nitrogen and oxygen atoms in total. The molecule has 1 N–H and O–H groups in total. The number of hydrogen-bond acceptors (Lipinski definition) is 7. The Hall–Kier alpha value is -4.16. The van der Waals surface area contributed by atoms with E-state index in [4.69, 9.17) is 9.51 Å². The van der Waals surface area contributed by atoms with Gasteiger partial charge in [-0.25, -0.2) is 4.98 Å². The van der Waals surface area contributed by atoms with E-state index in [9.17, 15) is 10.1 Å². The smallest absolute Gasteiger partial charge is 0.288 e. The van der Waals surface area contributed by atoms with Crippen molar-refractivity contribution in [3.63, 3.8) is 0 Å². The fourth-order valence-corrected chi connectivity index (χ4v) is 4.95. The number of thioether (sulfide) groups is 1. The maximum Gasteiger partial charge on any atom is 0.305 e. The van der Waals surface area contributed by atoms with E-state index < -0.39 is 0 Å². The lowest BCUT2D eigenvalue weighted by molar-refractivity contribution is -0.759. The molecule has 0 atom stereocenters. The highest BCUT2D eigenvalue weighted by Crippen LogP contribution is 2.34. The number of pyridine rings is 1. The number of carbonyl (C=O) groups is 1. The first-order valence-corrected chi connectivity index (χ1v) is 12.8. The molecule has 2 aromatic heterocycles. The molecule has 2 aromatic carbocycles. The van der Waals surface area contributed by atoms with E-state index in [1.54, 1.807) is 11.0 Å². The first kappa shape index (κ1) is 23.6. The zero-order chi connectivity index (χ0) is 24.7. The highest BCUT2D eigenvalue weighted by molar-refractivity contribution is 8.00. The van der Waals surface area contributed by atoms with Gasteiger partial charge in [-0.1, -0.05) is 72.4 Å². The van der Waals surface area contributed by atoms with Crippen molar-refractivity contribution in [1.82, 2.24) is 10.3 Å². The number of amides is 1. The van der Waals surface area contributed by atoms with Gasteiger partial charge >= 0.3 is 5.88 Å². The molecule has 0 bridgehead atoms. The van der Waals surface area contributed by atoms with Crippen LogP contribution in [0.15, 0.2) is 82.5 Å². The fourth-order valence-electron chi connectivity index (χ4n) is 4.15. The molecule has 180 valence electrons. The molecule has 5 rings (SSSR count). The average molecular weight is 498 g/mol. The molecule has 36 heavy (non-hydrogen) atoms. The summed E-state index contributed by atoms with van der Waals surface area (Å²) in [6.07, 6.45) is 5.11. The Morgan fingerprint density at radius 3 is 2.44 bits per heavy atom. The van der Waals surface area contributed by atoms with E-state index in [0.717, 1.165) is 48.3 Å². The van der Waals surface area contributed by atoms with Crippen molar-refractivity contribution in [1.29, 1.82) is 5.26 Å². The minimum Gasteiger partial charge on any atom is -0.288 e. The first-order chi connectivity index (χ1) is 17.7. The van der Waals surface area contributed by atoms with Crippen LogP contribution in [-0.2, 0) is 4.79 Å². The number of piperidine rings is 1. The summed E-state index contributed by atoms with van der Waals surface area (Å²) < 4.78 is 5.30. The zero-order valence-corrected chi connectivity index (χ0v) is 20.4. The summed E-state index contributed by atoms with van der Waals surface area (Å²) in [4.78, 5) is 19.1. The van der Waals surface area contributed by atoms with Crippen LogP contribution < -0.4 is 15.1 Å². The molecule has 0 aliphatic carbocycles. The molecule has 0 radical (unpaired) electrons. The number of nitriles is 1. The topological polar surface area (TPSA) is 98.9 Å². The van der Waals surface area contributed by atoms with Crippen molar-refractivity contribution in [3.05, 3.63) is 78.5 Å². The Kier molecular flexibility index (Phi) is 7.24. The second kappa shape index (κ2) is 11.1. The van der Waals surface area contributed by atoms with Gasteiger partial charge in [-0.2, -0.15) is 10.3 Å². The molecular weight excluding hydrogens is 472 g/mol. The molecule has 1 amide bonds. The second-order valence-corrected chi connectivity index (χ2v) is 9.38. The quantitative estimate of drug-likeness (QED) is 0.298. The van der Waals surface area contributed by atoms with Gasteiger partial charge in [0.25, 0.3) is 6.20 Å². The van der Waals surface area contributed by atoms with Gasteiger partial charge in [-0.3, -0.25) is 14.6 Å². The van der Waals surface area contributed by atoms with Crippen LogP contribution >= 0.6 is 11.8 Å². The van der Waals surface area contributed by atoms with Crippen LogP contribution in [0.1, 0.15) is 24.8 Å². The number of nitrogens with zero attached hydrogens (tertiary/aromatic N) is 5. The molecule has 9 heteroatoms. The highest BCUT2D eigenvalue weighted by Gasteiger charge is 2.23. The maximum atomic E-state index is 12.7. The van der Waals surface area contributed by atoms with Crippen LogP contribution in [0.25, 0.3) is 22.4 Å². The molecule has 1 aliphatic rings. The van der Waals surface area contributed by atoms with Gasteiger partial charge in [0.15, 0.2) is 0 Å². The molecule has 1 fully saturated rings. The number of nitrogens with one attached hydrogen (secondary N) is 1. The summed E-state index contributed by atoms with van der Waals surface area (Å²) in [5.74, 6) is 0.0834. The van der Waals surface area contributed by atoms with E-state index in [1.165, 1.54) is 18.2 Å². The van der Waals surface area contributed by atoms with Gasteiger partial charge in [-0.15, -0.1) is 0 Å². The summed E-state index contributed by atoms with van der Waals surface area (Å²) in [7, 11) is 0. The molecular formula is C27H25N6O2S+. The van der Waals surface area contributed by atoms with Crippen LogP contribution in [0.2, 0.25) is 0 Å². The van der Waals surface area contributed by atoms with Crippen LogP contribution in [0.3, 0.4) is 0 Å². The van der Waals surface area contributed by atoms with E-state index in [0.29, 0.717) is 10.6 Å². The van der Waals surface area contributed by atoms with Crippen molar-refractivity contribution in [2.45, 2.75) is 24.3 Å². The van der Waals surface area contributed by atoms with Crippen LogP contribution in [-0.4, -0.2) is 35.0 Å². The first-order valence-electron chi connectivity index (χ1n) is 11.8. The standard InChI is InChI=1S/C27H24N6O2S/c28-17-23-22(20-10-4-1-5-11-20)16-24(21-12-6-2-7-13-21)29-27(23)36-19-25(34)30-26-18-33(31-35-26)32-14-8-3-9-15-32/h1-2,4-7,10-13,16,18H,3,8-9,14-15,19H2/p+1. The number of benzene rings is 2. The molecule has 1 saturated heterocycles. The summed E-state index contributed by atoms with van der Waals surface area (Å²) >= 11 is 1.23. The normalized spacial score (nSPS) is 13.2. The lowest BCUT2D eigenvalue weighted by atomic mass is 9.99. The SMILES string of the molecule is N#Cc1c(-c2ccccc2)cc(-c2ccccc2)nc1SCC(=O)Nc1c[n+](N2CCCCC2)no1. The molecule has 0 spiro atoms. The van der Waals surface area contributed by atoms with E-state index >= 15 is 0 Å². The minimum absolute atomic E-state index is 0.0680. The Morgan fingerprint density at radius 2 is 1.75 bits per heavy atom. The molecule has 1 aliphatic heterocycles. The Bertz CT molecular complexity index is 1380. The fraction of sp³-hybridized carbons (Fsp3) is 0.222. The number of rotatable bonds is 7. The van der Waals surface area contributed by atoms with Crippen molar-refractivity contribution >= 4 is 23.6 Å². The predicted molar refractivity (Wildman–Crippen MR) is 138 cm³/mol. The summed E-state index contributed by atoms with van der Waals surface area (Å²) in [6.45, 7) is 1.81. The third-order valence-electron chi connectivity index (χ3n) is 5.93. The Labute approximate surface area is 213 Å². The second-order valence-electron chi connectivity index (χ2n) is 8.42. The van der Waals surface area contributed by atoms with Crippen LogP contribution in [0.5, 0.6) is 0 Å². The lowest BCUT2D eigenvalue weighted by Crippen LogP contribution is -2.60. The van der Waals surface area contributed by atoms with Gasteiger partial charge in [0.05, 0.1) is 34.9 Å². The van der Waals surface area contributed by atoms with Gasteiger partial charge in [-0.05, 0) is 30.9 Å². The zero-order valence-electron chi connectivity index (χ0n) is 19.6. The lowest BCUT2D eigenvalue weighted by Gasteiger charge is -2.17. The molecule has 4 aromatic rings. The van der Waals surface area contributed by atoms with Crippen LogP contribution in [0.4, 0.5) is 5.88 Å². The summed E-state index contributed by atoms with van der Waals surface area (Å²) in [5.41, 5.74) is 3.83. The number of carbonyl (C=O) groups excluding carboxylic acids is 1. The maximum absolute atomic E-state index is 12.7. The number of hydrogen-bond donors (Lipinski definition) is 1. The van der Waals surface area contributed by atoms with Crippen LogP contribution in [0, 0.1) is 11.3 Å².